The standard InChI is InChI=1S/C69H61NO16/c71-39-61-62(72)65(85-67(73)54-35-57(77-40-47-21-7-1-8-22-47)63(81-44-51-29-15-5-16-30-51)58(36-54)78-41-48-23-9-2-10-24-48)66(69(84-61)83-46-53-33-19-20-34-56(53)70(75)76)86-68(74)55-37-59(79-42-49-25-11-3-12-26-49)64(82-45-52-31-17-6-18-32-52)60(38-55)80-43-50-27-13-4-14-28-50/h1-38,61-62,65-66,69,71-72H,39-46H2/t61-,62-,65+,66-,69-/m1/s1. The van der Waals surface area contributed by atoms with Crippen LogP contribution >= 0.6 is 0 Å². The highest BCUT2D eigenvalue weighted by molar-refractivity contribution is 5.92. The van der Waals surface area contributed by atoms with Crippen LogP contribution in [0.3, 0.4) is 0 Å². The van der Waals surface area contributed by atoms with Gasteiger partial charge in [0.1, 0.15) is 51.8 Å². The maximum Gasteiger partial charge on any atom is 0.339 e. The summed E-state index contributed by atoms with van der Waals surface area (Å²) >= 11 is 0. The van der Waals surface area contributed by atoms with Crippen molar-refractivity contribution in [2.24, 2.45) is 0 Å². The number of esters is 2. The third-order valence-electron chi connectivity index (χ3n) is 13.8. The molecular formula is C69H61NO16. The van der Waals surface area contributed by atoms with Crippen LogP contribution in [0.15, 0.2) is 231 Å². The number of aliphatic hydroxyl groups is 2. The van der Waals surface area contributed by atoms with E-state index in [9.17, 15) is 20.3 Å². The molecule has 17 heteroatoms. The Morgan fingerprint density at radius 3 is 1.08 bits per heavy atom. The molecule has 9 aromatic rings. The number of ether oxygens (including phenoxy) is 10. The zero-order valence-electron chi connectivity index (χ0n) is 46.5. The SMILES string of the molecule is O=C(O[C@H]1[C@H](OCc2ccccc2[N+](=O)[O-])O[C@H](CO)[C@@H](O)[C@@H]1OC(=O)c1cc(OCc2ccccc2)c(OCc2ccccc2)c(OCc2ccccc2)c1)c1cc(OCc2ccccc2)c(OCc2ccccc2)c(OCc2ccccc2)c1. The zero-order valence-corrected chi connectivity index (χ0v) is 46.5. The Hall–Kier alpha value is -10.0. The Labute approximate surface area is 496 Å². The van der Waals surface area contributed by atoms with E-state index in [4.69, 9.17) is 47.4 Å². The summed E-state index contributed by atoms with van der Waals surface area (Å²) in [7, 11) is 0. The Morgan fingerprint density at radius 1 is 0.430 bits per heavy atom. The molecule has 10 rings (SSSR count). The number of nitro benzene ring substituents is 1. The molecule has 2 N–H and O–H groups in total. The molecule has 0 spiro atoms. The summed E-state index contributed by atoms with van der Waals surface area (Å²) in [5.74, 6) is -1.38. The average Bonchev–Trinajstić information content (AvgIpc) is 2.53. The number of hydrogen-bond donors (Lipinski definition) is 2. The van der Waals surface area contributed by atoms with E-state index in [0.29, 0.717) is 0 Å². The maximum absolute atomic E-state index is 15.2. The van der Waals surface area contributed by atoms with Crippen molar-refractivity contribution >= 4 is 17.6 Å². The fourth-order valence-electron chi connectivity index (χ4n) is 9.30. The van der Waals surface area contributed by atoms with Crippen molar-refractivity contribution in [2.45, 2.75) is 77.0 Å². The molecule has 1 heterocycles. The number of aliphatic hydroxyl groups excluding tert-OH is 2. The summed E-state index contributed by atoms with van der Waals surface area (Å²) in [6, 6.07) is 67.8. The van der Waals surface area contributed by atoms with Crippen LogP contribution in [0.5, 0.6) is 34.5 Å². The fraction of sp³-hybridized carbons (Fsp3) is 0.188. The first kappa shape index (κ1) is 59.1. The van der Waals surface area contributed by atoms with Gasteiger partial charge in [0.05, 0.1) is 34.8 Å². The summed E-state index contributed by atoms with van der Waals surface area (Å²) in [6.45, 7) is -0.968. The number of carbonyl (C=O) groups excluding carboxylic acids is 2. The van der Waals surface area contributed by atoms with Crippen molar-refractivity contribution in [3.63, 3.8) is 0 Å². The highest BCUT2D eigenvalue weighted by Gasteiger charge is 2.51. The van der Waals surface area contributed by atoms with Gasteiger partial charge in [0.15, 0.2) is 41.5 Å². The monoisotopic (exact) mass is 1160 g/mol. The summed E-state index contributed by atoms with van der Waals surface area (Å²) in [5.41, 5.74) is 4.42. The molecular weight excluding hydrogens is 1100 g/mol. The fourth-order valence-corrected chi connectivity index (χ4v) is 9.30. The molecule has 1 fully saturated rings. The van der Waals surface area contributed by atoms with E-state index in [-0.39, 0.29) is 96.5 Å². The molecule has 1 aliphatic rings. The average molecular weight is 1160 g/mol. The van der Waals surface area contributed by atoms with Gasteiger partial charge >= 0.3 is 11.9 Å². The molecule has 0 aromatic heterocycles. The third-order valence-corrected chi connectivity index (χ3v) is 13.8. The normalized spacial score (nSPS) is 16.2. The molecule has 0 aliphatic carbocycles. The van der Waals surface area contributed by atoms with Crippen LogP contribution in [0.25, 0.3) is 0 Å². The van der Waals surface area contributed by atoms with Crippen molar-refractivity contribution in [1.82, 2.24) is 0 Å². The Balaban J connectivity index is 1.04. The molecule has 1 aliphatic heterocycles. The van der Waals surface area contributed by atoms with Gasteiger partial charge in [0, 0.05) is 6.07 Å². The number of nitrogens with zero attached hydrogens (tertiary/aromatic N) is 1. The number of benzene rings is 9. The summed E-state index contributed by atoms with van der Waals surface area (Å²) < 4.78 is 63.7. The number of para-hydroxylation sites is 1. The van der Waals surface area contributed by atoms with Crippen LogP contribution in [0.4, 0.5) is 5.69 Å². The van der Waals surface area contributed by atoms with E-state index < -0.39 is 60.8 Å². The van der Waals surface area contributed by atoms with E-state index in [1.165, 1.54) is 42.5 Å². The Kier molecular flexibility index (Phi) is 20.3. The molecule has 0 unspecified atom stereocenters. The van der Waals surface area contributed by atoms with E-state index >= 15 is 9.59 Å². The van der Waals surface area contributed by atoms with Crippen LogP contribution in [0.1, 0.15) is 59.7 Å². The van der Waals surface area contributed by atoms with E-state index in [1.54, 1.807) is 6.07 Å². The van der Waals surface area contributed by atoms with Gasteiger partial charge in [-0.3, -0.25) is 10.1 Å². The minimum atomic E-state index is -1.88. The van der Waals surface area contributed by atoms with E-state index in [2.05, 4.69) is 0 Å². The molecule has 0 saturated carbocycles. The van der Waals surface area contributed by atoms with Crippen LogP contribution in [-0.4, -0.2) is 64.4 Å². The lowest BCUT2D eigenvalue weighted by Crippen LogP contribution is -2.61. The minimum absolute atomic E-state index is 0.0437. The number of nitro groups is 1. The van der Waals surface area contributed by atoms with Gasteiger partial charge in [-0.2, -0.15) is 0 Å². The molecule has 86 heavy (non-hydrogen) atoms. The minimum Gasteiger partial charge on any atom is -0.485 e. The van der Waals surface area contributed by atoms with Crippen molar-refractivity contribution in [3.05, 3.63) is 291 Å². The van der Waals surface area contributed by atoms with Crippen molar-refractivity contribution < 1.29 is 72.1 Å². The van der Waals surface area contributed by atoms with Gasteiger partial charge in [-0.15, -0.1) is 0 Å². The van der Waals surface area contributed by atoms with Crippen LogP contribution in [-0.2, 0) is 65.2 Å². The third kappa shape index (κ3) is 15.8. The van der Waals surface area contributed by atoms with Gasteiger partial charge in [-0.05, 0) is 63.7 Å². The first-order chi connectivity index (χ1) is 42.1. The van der Waals surface area contributed by atoms with Gasteiger partial charge < -0.3 is 57.6 Å². The van der Waals surface area contributed by atoms with Gasteiger partial charge in [0.2, 0.25) is 11.5 Å². The second kappa shape index (κ2) is 29.5. The molecule has 5 atom stereocenters. The van der Waals surface area contributed by atoms with Gasteiger partial charge in [-0.25, -0.2) is 9.59 Å². The maximum atomic E-state index is 15.2. The Morgan fingerprint density at radius 2 is 0.744 bits per heavy atom. The number of rotatable bonds is 27. The topological polar surface area (TPSA) is 210 Å². The van der Waals surface area contributed by atoms with Gasteiger partial charge in [0.25, 0.3) is 5.69 Å². The van der Waals surface area contributed by atoms with Crippen molar-refractivity contribution in [1.29, 1.82) is 0 Å². The molecule has 0 radical (unpaired) electrons. The first-order valence-electron chi connectivity index (χ1n) is 27.7. The van der Waals surface area contributed by atoms with Crippen LogP contribution in [0, 0.1) is 10.1 Å². The molecule has 438 valence electrons. The Bertz CT molecular complexity index is 3510. The molecule has 1 saturated heterocycles. The smallest absolute Gasteiger partial charge is 0.339 e. The predicted molar refractivity (Wildman–Crippen MR) is 316 cm³/mol. The lowest BCUT2D eigenvalue weighted by atomic mass is 9.98. The molecule has 17 nitrogen and oxygen atoms in total. The van der Waals surface area contributed by atoms with Crippen LogP contribution in [0.2, 0.25) is 0 Å². The summed E-state index contributed by atoms with van der Waals surface area (Å²) in [4.78, 5) is 41.9. The quantitative estimate of drug-likeness (QED) is 0.0279. The van der Waals surface area contributed by atoms with Crippen LogP contribution < -0.4 is 28.4 Å². The van der Waals surface area contributed by atoms with E-state index in [1.807, 2.05) is 182 Å². The summed E-state index contributed by atoms with van der Waals surface area (Å²) in [5, 5.41) is 35.1. The van der Waals surface area contributed by atoms with E-state index in [0.717, 1.165) is 33.4 Å². The molecule has 0 bridgehead atoms. The lowest BCUT2D eigenvalue weighted by Gasteiger charge is -2.42. The van der Waals surface area contributed by atoms with Crippen molar-refractivity contribution in [2.75, 3.05) is 6.61 Å². The van der Waals surface area contributed by atoms with Crippen molar-refractivity contribution in [3.8, 4) is 34.5 Å². The largest absolute Gasteiger partial charge is 0.485 e. The zero-order chi connectivity index (χ0) is 59.5. The number of hydrogen-bond acceptors (Lipinski definition) is 16. The second-order valence-corrected chi connectivity index (χ2v) is 19.9. The first-order valence-corrected chi connectivity index (χ1v) is 27.7. The second-order valence-electron chi connectivity index (χ2n) is 19.9. The molecule has 9 aromatic carbocycles. The highest BCUT2D eigenvalue weighted by Crippen LogP contribution is 2.43. The number of carbonyl (C=O) groups is 2. The summed E-state index contributed by atoms with van der Waals surface area (Å²) in [6.07, 6.45) is -8.86. The highest BCUT2D eigenvalue weighted by atomic mass is 16.7. The molecule has 0 amide bonds. The van der Waals surface area contributed by atoms with Gasteiger partial charge in [-0.1, -0.05) is 194 Å². The lowest BCUT2D eigenvalue weighted by molar-refractivity contribution is -0.386. The predicted octanol–water partition coefficient (Wildman–Crippen LogP) is 12.1.